The van der Waals surface area contributed by atoms with Crippen LogP contribution in [0.2, 0.25) is 0 Å². The molecule has 0 bridgehead atoms. The number of anilines is 1. The maximum Gasteiger partial charge on any atom is 0.221 e. The lowest BCUT2D eigenvalue weighted by Gasteiger charge is -2.11. The Bertz CT molecular complexity index is 1020. The van der Waals surface area contributed by atoms with E-state index in [-0.39, 0.29) is 35.7 Å². The van der Waals surface area contributed by atoms with Crippen LogP contribution in [-0.2, 0) is 17.8 Å². The first kappa shape index (κ1) is 23.7. The van der Waals surface area contributed by atoms with Crippen molar-refractivity contribution in [3.05, 3.63) is 65.6 Å². The molecule has 6 nitrogen and oxygen atoms in total. The van der Waals surface area contributed by atoms with Crippen molar-refractivity contribution in [2.75, 3.05) is 18.4 Å². The summed E-state index contributed by atoms with van der Waals surface area (Å²) in [6.07, 6.45) is 2.71. The number of aromatic nitrogens is 1. The van der Waals surface area contributed by atoms with Crippen molar-refractivity contribution in [3.63, 3.8) is 0 Å². The summed E-state index contributed by atoms with van der Waals surface area (Å²) in [4.78, 5) is 18.9. The van der Waals surface area contributed by atoms with Crippen LogP contribution in [0.15, 0.2) is 53.7 Å². The Labute approximate surface area is 192 Å². The van der Waals surface area contributed by atoms with Gasteiger partial charge in [0.25, 0.3) is 0 Å². The Kier molecular flexibility index (Phi) is 9.10. The predicted molar refractivity (Wildman–Crippen MR) is 131 cm³/mol. The van der Waals surface area contributed by atoms with E-state index in [2.05, 4.69) is 25.9 Å². The molecule has 0 saturated carbocycles. The summed E-state index contributed by atoms with van der Waals surface area (Å²) >= 11 is 0. The molecule has 0 radical (unpaired) electrons. The van der Waals surface area contributed by atoms with Crippen molar-refractivity contribution in [1.29, 1.82) is 0 Å². The topological polar surface area (TPSA) is 81.3 Å². The molecule has 0 saturated heterocycles. The molecule has 30 heavy (non-hydrogen) atoms. The zero-order valence-corrected chi connectivity index (χ0v) is 19.4. The van der Waals surface area contributed by atoms with Crippen LogP contribution < -0.4 is 16.0 Å². The third kappa shape index (κ3) is 6.72. The SMILES string of the molecule is CCNC(=NCc1cccc(NC(C)=O)c1)NCCc1c[nH]c2cc(F)ccc12.I. The van der Waals surface area contributed by atoms with Gasteiger partial charge in [0.1, 0.15) is 5.82 Å². The molecule has 2 aromatic carbocycles. The predicted octanol–water partition coefficient (Wildman–Crippen LogP) is 4.18. The van der Waals surface area contributed by atoms with E-state index in [0.717, 1.165) is 46.6 Å². The number of benzene rings is 2. The summed E-state index contributed by atoms with van der Waals surface area (Å²) < 4.78 is 13.3. The molecule has 0 aliphatic carbocycles. The van der Waals surface area contributed by atoms with Crippen molar-refractivity contribution in [1.82, 2.24) is 15.6 Å². The summed E-state index contributed by atoms with van der Waals surface area (Å²) in [6, 6.07) is 12.4. The molecule has 1 heterocycles. The summed E-state index contributed by atoms with van der Waals surface area (Å²) in [5.41, 5.74) is 3.71. The van der Waals surface area contributed by atoms with E-state index in [9.17, 15) is 9.18 Å². The number of hydrogen-bond acceptors (Lipinski definition) is 2. The highest BCUT2D eigenvalue weighted by Gasteiger charge is 2.05. The van der Waals surface area contributed by atoms with E-state index < -0.39 is 0 Å². The van der Waals surface area contributed by atoms with Gasteiger partial charge in [0.2, 0.25) is 5.91 Å². The maximum atomic E-state index is 13.3. The van der Waals surface area contributed by atoms with Gasteiger partial charge in [-0.15, -0.1) is 24.0 Å². The third-order valence-electron chi connectivity index (χ3n) is 4.43. The van der Waals surface area contributed by atoms with Gasteiger partial charge >= 0.3 is 0 Å². The molecule has 0 atom stereocenters. The molecule has 0 unspecified atom stereocenters. The Balaban J connectivity index is 0.00000320. The average molecular weight is 523 g/mol. The van der Waals surface area contributed by atoms with Gasteiger partial charge in [0, 0.05) is 42.8 Å². The minimum absolute atomic E-state index is 0. The second kappa shape index (κ2) is 11.5. The molecular weight excluding hydrogens is 496 g/mol. The minimum atomic E-state index is -0.242. The number of nitrogens with zero attached hydrogens (tertiary/aromatic N) is 1. The molecule has 3 aromatic rings. The summed E-state index contributed by atoms with van der Waals surface area (Å²) in [6.45, 7) is 5.45. The van der Waals surface area contributed by atoms with Crippen LogP contribution in [0, 0.1) is 5.82 Å². The van der Waals surface area contributed by atoms with Crippen LogP contribution in [0.25, 0.3) is 10.9 Å². The first-order valence-electron chi connectivity index (χ1n) is 9.69. The van der Waals surface area contributed by atoms with Crippen molar-refractivity contribution in [2.45, 2.75) is 26.8 Å². The van der Waals surface area contributed by atoms with Crippen LogP contribution in [0.1, 0.15) is 25.0 Å². The molecule has 4 N–H and O–H groups in total. The molecular formula is C22H27FIN5O. The lowest BCUT2D eigenvalue weighted by Crippen LogP contribution is -2.38. The zero-order chi connectivity index (χ0) is 20.6. The van der Waals surface area contributed by atoms with E-state index in [0.29, 0.717) is 13.1 Å². The number of rotatable bonds is 7. The fraction of sp³-hybridized carbons (Fsp3) is 0.273. The first-order chi connectivity index (χ1) is 14.0. The minimum Gasteiger partial charge on any atom is -0.361 e. The van der Waals surface area contributed by atoms with E-state index in [4.69, 9.17) is 0 Å². The molecule has 0 spiro atoms. The van der Waals surface area contributed by atoms with Crippen molar-refractivity contribution < 1.29 is 9.18 Å². The number of aromatic amines is 1. The lowest BCUT2D eigenvalue weighted by molar-refractivity contribution is -0.114. The van der Waals surface area contributed by atoms with Gasteiger partial charge < -0.3 is 20.9 Å². The number of fused-ring (bicyclic) bond motifs is 1. The number of nitrogens with one attached hydrogen (secondary N) is 4. The van der Waals surface area contributed by atoms with Gasteiger partial charge in [-0.1, -0.05) is 12.1 Å². The van der Waals surface area contributed by atoms with Gasteiger partial charge in [-0.05, 0) is 54.8 Å². The van der Waals surface area contributed by atoms with Crippen LogP contribution in [0.4, 0.5) is 10.1 Å². The lowest BCUT2D eigenvalue weighted by atomic mass is 10.1. The van der Waals surface area contributed by atoms with E-state index >= 15 is 0 Å². The number of aliphatic imine (C=N–C) groups is 1. The number of halogens is 2. The second-order valence-electron chi connectivity index (χ2n) is 6.76. The zero-order valence-electron chi connectivity index (χ0n) is 17.1. The van der Waals surface area contributed by atoms with Gasteiger partial charge in [0.15, 0.2) is 5.96 Å². The highest BCUT2D eigenvalue weighted by molar-refractivity contribution is 14.0. The first-order valence-corrected chi connectivity index (χ1v) is 9.69. The van der Waals surface area contributed by atoms with Crippen LogP contribution >= 0.6 is 24.0 Å². The third-order valence-corrected chi connectivity index (χ3v) is 4.43. The summed E-state index contributed by atoms with van der Waals surface area (Å²) in [7, 11) is 0. The second-order valence-corrected chi connectivity index (χ2v) is 6.76. The number of hydrogen-bond donors (Lipinski definition) is 4. The fourth-order valence-corrected chi connectivity index (χ4v) is 3.14. The standard InChI is InChI=1S/C22H26FN5O.HI/c1-3-24-22(27-13-16-5-4-6-19(11-16)28-15(2)29)25-10-9-17-14-26-21-12-18(23)7-8-20(17)21;/h4-8,11-12,14,26H,3,9-10,13H2,1-2H3,(H,28,29)(H2,24,25,27);1H. The number of carbonyl (C=O) groups excluding carboxylic acids is 1. The van der Waals surface area contributed by atoms with Crippen LogP contribution in [0.3, 0.4) is 0 Å². The molecule has 0 aliphatic heterocycles. The monoisotopic (exact) mass is 523 g/mol. The molecule has 1 amide bonds. The fourth-order valence-electron chi connectivity index (χ4n) is 3.14. The average Bonchev–Trinajstić information content (AvgIpc) is 3.08. The quantitative estimate of drug-likeness (QED) is 0.213. The largest absolute Gasteiger partial charge is 0.361 e. The van der Waals surface area contributed by atoms with Gasteiger partial charge in [0.05, 0.1) is 6.54 Å². The van der Waals surface area contributed by atoms with E-state index in [1.807, 2.05) is 37.4 Å². The Morgan fingerprint density at radius 2 is 2.00 bits per heavy atom. The molecule has 160 valence electrons. The Morgan fingerprint density at radius 3 is 2.77 bits per heavy atom. The smallest absolute Gasteiger partial charge is 0.221 e. The molecule has 8 heteroatoms. The number of guanidine groups is 1. The summed E-state index contributed by atoms with van der Waals surface area (Å²) in [5.74, 6) is 0.386. The Hall–Kier alpha value is -2.62. The molecule has 0 aliphatic rings. The maximum absolute atomic E-state index is 13.3. The Morgan fingerprint density at radius 1 is 1.17 bits per heavy atom. The summed E-state index contributed by atoms with van der Waals surface area (Å²) in [5, 5.41) is 10.4. The van der Waals surface area contributed by atoms with Crippen molar-refractivity contribution >= 4 is 52.4 Å². The van der Waals surface area contributed by atoms with Gasteiger partial charge in [-0.3, -0.25) is 4.79 Å². The molecule has 0 fully saturated rings. The highest BCUT2D eigenvalue weighted by Crippen LogP contribution is 2.19. The normalized spacial score (nSPS) is 11.1. The highest BCUT2D eigenvalue weighted by atomic mass is 127. The van der Waals surface area contributed by atoms with Crippen molar-refractivity contribution in [2.24, 2.45) is 4.99 Å². The van der Waals surface area contributed by atoms with E-state index in [1.54, 1.807) is 6.07 Å². The van der Waals surface area contributed by atoms with Crippen LogP contribution in [0.5, 0.6) is 0 Å². The molecule has 3 rings (SSSR count). The van der Waals surface area contributed by atoms with E-state index in [1.165, 1.54) is 19.1 Å². The number of carbonyl (C=O) groups is 1. The van der Waals surface area contributed by atoms with Gasteiger partial charge in [-0.25, -0.2) is 9.38 Å². The number of H-pyrrole nitrogens is 1. The van der Waals surface area contributed by atoms with Crippen molar-refractivity contribution in [3.8, 4) is 0 Å². The van der Waals surface area contributed by atoms with Gasteiger partial charge in [-0.2, -0.15) is 0 Å². The molecule has 1 aromatic heterocycles. The number of amides is 1. The van der Waals surface area contributed by atoms with Crippen LogP contribution in [-0.4, -0.2) is 29.9 Å².